The molecule has 0 aliphatic rings. The van der Waals surface area contributed by atoms with Gasteiger partial charge in [0.05, 0.1) is 17.9 Å². The highest BCUT2D eigenvalue weighted by Gasteiger charge is 2.17. The summed E-state index contributed by atoms with van der Waals surface area (Å²) in [6.45, 7) is 2.43. The molecule has 0 unspecified atom stereocenters. The van der Waals surface area contributed by atoms with Crippen molar-refractivity contribution in [2.24, 2.45) is 5.10 Å². The first-order valence-electron chi connectivity index (χ1n) is 10.6. The Morgan fingerprint density at radius 3 is 2.29 bits per heavy atom. The summed E-state index contributed by atoms with van der Waals surface area (Å²) in [4.78, 5) is 37.1. The number of carbonyl (C=O) groups excluding carboxylic acids is 3. The van der Waals surface area contributed by atoms with Crippen LogP contribution in [0.25, 0.3) is 6.08 Å². The van der Waals surface area contributed by atoms with Crippen LogP contribution in [0.5, 0.6) is 5.75 Å². The van der Waals surface area contributed by atoms with Gasteiger partial charge in [-0.25, -0.2) is 5.43 Å². The molecule has 3 aromatic carbocycles. The number of nitrogens with zero attached hydrogens (tertiary/aromatic N) is 1. The van der Waals surface area contributed by atoms with Gasteiger partial charge in [0, 0.05) is 11.9 Å². The van der Waals surface area contributed by atoms with Gasteiger partial charge in [0.2, 0.25) is 0 Å². The maximum absolute atomic E-state index is 12.7. The number of anilines is 2. The van der Waals surface area contributed by atoms with Crippen molar-refractivity contribution in [3.05, 3.63) is 96.1 Å². The molecule has 0 fully saturated rings. The van der Waals surface area contributed by atoms with Crippen LogP contribution in [-0.2, 0) is 9.59 Å². The van der Waals surface area contributed by atoms with Crippen molar-refractivity contribution in [2.75, 3.05) is 17.2 Å². The molecule has 0 spiro atoms. The van der Waals surface area contributed by atoms with E-state index in [0.29, 0.717) is 18.0 Å². The number of amides is 3. The first-order valence-corrected chi connectivity index (χ1v) is 10.6. The SMILES string of the molecule is CCOc1ccc(NC(=O)c2ccccc2NC(=O)C(=O)N/N=C/C=C/c2ccccc2)cc1. The molecule has 0 aromatic heterocycles. The monoisotopic (exact) mass is 456 g/mol. The first kappa shape index (κ1) is 23.9. The number of allylic oxidation sites excluding steroid dienone is 1. The fourth-order valence-corrected chi connectivity index (χ4v) is 2.88. The molecule has 0 aliphatic carbocycles. The number of carbonyl (C=O) groups is 3. The Kier molecular flexibility index (Phi) is 8.69. The molecule has 8 heteroatoms. The minimum atomic E-state index is -0.967. The summed E-state index contributed by atoms with van der Waals surface area (Å²) in [5, 5.41) is 8.92. The molecular formula is C26H24N4O4. The van der Waals surface area contributed by atoms with Crippen LogP contribution in [0.1, 0.15) is 22.8 Å². The second-order valence-corrected chi connectivity index (χ2v) is 6.90. The van der Waals surface area contributed by atoms with Crippen LogP contribution >= 0.6 is 0 Å². The molecule has 0 saturated heterocycles. The minimum absolute atomic E-state index is 0.194. The highest BCUT2D eigenvalue weighted by molar-refractivity contribution is 6.40. The van der Waals surface area contributed by atoms with Crippen LogP contribution in [0.2, 0.25) is 0 Å². The first-order chi connectivity index (χ1) is 16.6. The third kappa shape index (κ3) is 7.16. The summed E-state index contributed by atoms with van der Waals surface area (Å²) < 4.78 is 5.39. The van der Waals surface area contributed by atoms with Crippen molar-refractivity contribution >= 4 is 41.4 Å². The zero-order chi connectivity index (χ0) is 24.2. The molecule has 34 heavy (non-hydrogen) atoms. The summed E-state index contributed by atoms with van der Waals surface area (Å²) >= 11 is 0. The summed E-state index contributed by atoms with van der Waals surface area (Å²) in [5.41, 5.74) is 4.07. The van der Waals surface area contributed by atoms with E-state index in [1.54, 1.807) is 54.6 Å². The van der Waals surface area contributed by atoms with Crippen molar-refractivity contribution in [1.29, 1.82) is 0 Å². The van der Waals surface area contributed by atoms with Crippen molar-refractivity contribution in [3.63, 3.8) is 0 Å². The summed E-state index contributed by atoms with van der Waals surface area (Å²) in [7, 11) is 0. The van der Waals surface area contributed by atoms with Crippen LogP contribution in [0.3, 0.4) is 0 Å². The maximum Gasteiger partial charge on any atom is 0.329 e. The molecule has 0 saturated carbocycles. The van der Waals surface area contributed by atoms with E-state index in [-0.39, 0.29) is 11.3 Å². The zero-order valence-electron chi connectivity index (χ0n) is 18.5. The highest BCUT2D eigenvalue weighted by Crippen LogP contribution is 2.19. The fourth-order valence-electron chi connectivity index (χ4n) is 2.88. The molecule has 0 bridgehead atoms. The smallest absolute Gasteiger partial charge is 0.329 e. The number of hydrogen-bond donors (Lipinski definition) is 3. The van der Waals surface area contributed by atoms with Gasteiger partial charge in [-0.3, -0.25) is 14.4 Å². The van der Waals surface area contributed by atoms with E-state index in [4.69, 9.17) is 4.74 Å². The second kappa shape index (κ2) is 12.4. The predicted molar refractivity (Wildman–Crippen MR) is 133 cm³/mol. The molecule has 3 aromatic rings. The number of nitrogens with one attached hydrogen (secondary N) is 3. The average molecular weight is 457 g/mol. The second-order valence-electron chi connectivity index (χ2n) is 6.90. The fraction of sp³-hybridized carbons (Fsp3) is 0.0769. The van der Waals surface area contributed by atoms with Gasteiger partial charge < -0.3 is 15.4 Å². The van der Waals surface area contributed by atoms with Gasteiger partial charge in [-0.2, -0.15) is 5.10 Å². The molecule has 3 N–H and O–H groups in total. The Hall–Kier alpha value is -4.72. The molecule has 3 rings (SSSR count). The van der Waals surface area contributed by atoms with E-state index in [0.717, 1.165) is 5.56 Å². The van der Waals surface area contributed by atoms with Gasteiger partial charge in [0.25, 0.3) is 5.91 Å². The lowest BCUT2D eigenvalue weighted by molar-refractivity contribution is -0.136. The Bertz CT molecular complexity index is 1190. The van der Waals surface area contributed by atoms with Crippen molar-refractivity contribution < 1.29 is 19.1 Å². The minimum Gasteiger partial charge on any atom is -0.494 e. The van der Waals surface area contributed by atoms with E-state index in [1.807, 2.05) is 37.3 Å². The molecule has 0 atom stereocenters. The van der Waals surface area contributed by atoms with Crippen LogP contribution in [-0.4, -0.2) is 30.5 Å². The number of hydrogen-bond acceptors (Lipinski definition) is 5. The largest absolute Gasteiger partial charge is 0.494 e. The average Bonchev–Trinajstić information content (AvgIpc) is 2.86. The van der Waals surface area contributed by atoms with E-state index >= 15 is 0 Å². The molecule has 0 heterocycles. The molecule has 0 radical (unpaired) electrons. The quantitative estimate of drug-likeness (QED) is 0.269. The third-order valence-electron chi connectivity index (χ3n) is 4.46. The van der Waals surface area contributed by atoms with Gasteiger partial charge in [0.15, 0.2) is 0 Å². The van der Waals surface area contributed by atoms with Gasteiger partial charge in [-0.15, -0.1) is 0 Å². The van der Waals surface area contributed by atoms with Crippen molar-refractivity contribution in [1.82, 2.24) is 5.43 Å². The van der Waals surface area contributed by atoms with Crippen LogP contribution in [0, 0.1) is 0 Å². The summed E-state index contributed by atoms with van der Waals surface area (Å²) in [6.07, 6.45) is 4.79. The Labute approximate surface area is 197 Å². The topological polar surface area (TPSA) is 109 Å². The normalized spacial score (nSPS) is 10.7. The van der Waals surface area contributed by atoms with Crippen LogP contribution in [0.15, 0.2) is 90.0 Å². The lowest BCUT2D eigenvalue weighted by Crippen LogP contribution is -2.33. The van der Waals surface area contributed by atoms with Gasteiger partial charge in [0.1, 0.15) is 5.75 Å². The number of rotatable bonds is 8. The van der Waals surface area contributed by atoms with E-state index < -0.39 is 17.7 Å². The maximum atomic E-state index is 12.7. The van der Waals surface area contributed by atoms with E-state index in [1.165, 1.54) is 12.3 Å². The van der Waals surface area contributed by atoms with Crippen molar-refractivity contribution in [3.8, 4) is 5.75 Å². The van der Waals surface area contributed by atoms with E-state index in [9.17, 15) is 14.4 Å². The Balaban J connectivity index is 1.57. The van der Waals surface area contributed by atoms with Crippen molar-refractivity contribution in [2.45, 2.75) is 6.92 Å². The van der Waals surface area contributed by atoms with Crippen LogP contribution in [0.4, 0.5) is 11.4 Å². The molecule has 0 aliphatic heterocycles. The number of ether oxygens (including phenoxy) is 1. The van der Waals surface area contributed by atoms with E-state index in [2.05, 4.69) is 21.2 Å². The molecule has 3 amide bonds. The van der Waals surface area contributed by atoms with Gasteiger partial charge >= 0.3 is 11.8 Å². The number of hydrazone groups is 1. The lowest BCUT2D eigenvalue weighted by Gasteiger charge is -2.11. The number of para-hydroxylation sites is 1. The summed E-state index contributed by atoms with van der Waals surface area (Å²) in [5.74, 6) is -1.67. The summed E-state index contributed by atoms with van der Waals surface area (Å²) in [6, 6.07) is 22.8. The Morgan fingerprint density at radius 1 is 0.853 bits per heavy atom. The molecular weight excluding hydrogens is 432 g/mol. The number of benzene rings is 3. The molecule has 8 nitrogen and oxygen atoms in total. The Morgan fingerprint density at radius 2 is 1.56 bits per heavy atom. The third-order valence-corrected chi connectivity index (χ3v) is 4.46. The molecule has 172 valence electrons. The van der Waals surface area contributed by atoms with Gasteiger partial charge in [-0.05, 0) is 55.0 Å². The zero-order valence-corrected chi connectivity index (χ0v) is 18.5. The highest BCUT2D eigenvalue weighted by atomic mass is 16.5. The predicted octanol–water partition coefficient (Wildman–Crippen LogP) is 4.09. The van der Waals surface area contributed by atoms with Crippen LogP contribution < -0.4 is 20.8 Å². The van der Waals surface area contributed by atoms with Gasteiger partial charge in [-0.1, -0.05) is 48.5 Å². The lowest BCUT2D eigenvalue weighted by atomic mass is 10.1. The standard InChI is InChI=1S/C26H24N4O4/c1-2-34-21-16-14-20(15-17-21)28-24(31)22-12-6-7-13-23(22)29-25(32)26(33)30-27-18-8-11-19-9-4-3-5-10-19/h3-18H,2H2,1H3,(H,28,31)(H,29,32)(H,30,33)/b11-8+,27-18+.